The molecule has 1 heterocycles. The van der Waals surface area contributed by atoms with Crippen LogP contribution in [0.25, 0.3) is 0 Å². The lowest BCUT2D eigenvalue weighted by Crippen LogP contribution is -1.94. The number of rotatable bonds is 3. The van der Waals surface area contributed by atoms with Crippen LogP contribution >= 0.6 is 0 Å². The summed E-state index contributed by atoms with van der Waals surface area (Å²) < 4.78 is 10.1. The van der Waals surface area contributed by atoms with Crippen LogP contribution in [0.15, 0.2) is 28.8 Å². The van der Waals surface area contributed by atoms with Gasteiger partial charge in [-0.1, -0.05) is 22.9 Å². The SMILES string of the molecule is COc1ccc(C)cc1Cc1cc(N)on1. The lowest BCUT2D eigenvalue weighted by atomic mass is 10.1. The fraction of sp³-hybridized carbons (Fsp3) is 0.250. The van der Waals surface area contributed by atoms with E-state index in [0.717, 1.165) is 17.0 Å². The van der Waals surface area contributed by atoms with Gasteiger partial charge in [0.1, 0.15) is 5.75 Å². The summed E-state index contributed by atoms with van der Waals surface area (Å²) in [5.41, 5.74) is 8.55. The number of ether oxygens (including phenoxy) is 1. The zero-order valence-corrected chi connectivity index (χ0v) is 9.36. The molecule has 2 N–H and O–H groups in total. The molecule has 16 heavy (non-hydrogen) atoms. The third-order valence-electron chi connectivity index (χ3n) is 2.38. The first-order valence-electron chi connectivity index (χ1n) is 5.03. The minimum absolute atomic E-state index is 0.335. The fourth-order valence-corrected chi connectivity index (χ4v) is 1.65. The second kappa shape index (κ2) is 4.26. The maximum atomic E-state index is 5.47. The van der Waals surface area contributed by atoms with Crippen LogP contribution in [0.2, 0.25) is 0 Å². The zero-order valence-electron chi connectivity index (χ0n) is 9.36. The Balaban J connectivity index is 2.29. The van der Waals surface area contributed by atoms with E-state index >= 15 is 0 Å². The summed E-state index contributed by atoms with van der Waals surface area (Å²) in [5, 5.41) is 3.86. The molecule has 0 amide bonds. The van der Waals surface area contributed by atoms with E-state index in [1.165, 1.54) is 5.56 Å². The second-order valence-electron chi connectivity index (χ2n) is 3.71. The Kier molecular flexibility index (Phi) is 2.81. The van der Waals surface area contributed by atoms with E-state index in [2.05, 4.69) is 11.2 Å². The average molecular weight is 218 g/mol. The summed E-state index contributed by atoms with van der Waals surface area (Å²) in [5.74, 6) is 1.19. The van der Waals surface area contributed by atoms with Gasteiger partial charge in [-0.15, -0.1) is 0 Å². The molecule has 0 spiro atoms. The lowest BCUT2D eigenvalue weighted by Gasteiger charge is -2.07. The highest BCUT2D eigenvalue weighted by Gasteiger charge is 2.07. The number of aromatic nitrogens is 1. The van der Waals surface area contributed by atoms with E-state index in [1.54, 1.807) is 13.2 Å². The van der Waals surface area contributed by atoms with Crippen LogP contribution < -0.4 is 10.5 Å². The third-order valence-corrected chi connectivity index (χ3v) is 2.38. The Hall–Kier alpha value is -1.97. The molecule has 4 heteroatoms. The number of hydrogen-bond acceptors (Lipinski definition) is 4. The first kappa shape index (κ1) is 10.5. The smallest absolute Gasteiger partial charge is 0.222 e. The van der Waals surface area contributed by atoms with Crippen molar-refractivity contribution < 1.29 is 9.26 Å². The van der Waals surface area contributed by atoms with Crippen molar-refractivity contribution in [1.82, 2.24) is 5.16 Å². The largest absolute Gasteiger partial charge is 0.496 e. The van der Waals surface area contributed by atoms with E-state index < -0.39 is 0 Å². The molecular formula is C12H14N2O2. The molecule has 0 atom stereocenters. The molecule has 84 valence electrons. The maximum absolute atomic E-state index is 5.47. The van der Waals surface area contributed by atoms with Crippen LogP contribution in [0.1, 0.15) is 16.8 Å². The van der Waals surface area contributed by atoms with Crippen LogP contribution in [0.3, 0.4) is 0 Å². The number of anilines is 1. The Morgan fingerprint density at radius 3 is 2.81 bits per heavy atom. The van der Waals surface area contributed by atoms with Crippen LogP contribution in [0.4, 0.5) is 5.88 Å². The molecule has 4 nitrogen and oxygen atoms in total. The fourth-order valence-electron chi connectivity index (χ4n) is 1.65. The molecule has 0 bridgehead atoms. The summed E-state index contributed by atoms with van der Waals surface area (Å²) in [6, 6.07) is 7.76. The van der Waals surface area contributed by atoms with Gasteiger partial charge in [0.15, 0.2) is 0 Å². The van der Waals surface area contributed by atoms with Gasteiger partial charge in [0, 0.05) is 18.1 Å². The standard InChI is InChI=1S/C12H14N2O2/c1-8-3-4-11(15-2)9(5-8)6-10-7-12(13)16-14-10/h3-5,7H,6,13H2,1-2H3. The molecule has 2 aromatic rings. The molecular weight excluding hydrogens is 204 g/mol. The van der Waals surface area contributed by atoms with Crippen LogP contribution in [0, 0.1) is 6.92 Å². The number of nitrogens with two attached hydrogens (primary N) is 1. The number of aryl methyl sites for hydroxylation is 1. The highest BCUT2D eigenvalue weighted by molar-refractivity contribution is 5.40. The van der Waals surface area contributed by atoms with Gasteiger partial charge in [0.25, 0.3) is 0 Å². The highest BCUT2D eigenvalue weighted by atomic mass is 16.5. The van der Waals surface area contributed by atoms with Crippen LogP contribution in [-0.2, 0) is 6.42 Å². The summed E-state index contributed by atoms with van der Waals surface area (Å²) in [6.07, 6.45) is 0.658. The van der Waals surface area contributed by atoms with Crippen molar-refractivity contribution in [1.29, 1.82) is 0 Å². The number of nitrogens with zero attached hydrogens (tertiary/aromatic N) is 1. The summed E-state index contributed by atoms with van der Waals surface area (Å²) in [6.45, 7) is 2.04. The maximum Gasteiger partial charge on any atom is 0.222 e. The van der Waals surface area contributed by atoms with Gasteiger partial charge < -0.3 is 15.0 Å². The van der Waals surface area contributed by atoms with Crippen molar-refractivity contribution in [2.75, 3.05) is 12.8 Å². The van der Waals surface area contributed by atoms with E-state index in [0.29, 0.717) is 12.3 Å². The van der Waals surface area contributed by atoms with Gasteiger partial charge in [-0.05, 0) is 13.0 Å². The Morgan fingerprint density at radius 2 is 2.19 bits per heavy atom. The minimum Gasteiger partial charge on any atom is -0.496 e. The first-order chi connectivity index (χ1) is 7.69. The van der Waals surface area contributed by atoms with Crippen molar-refractivity contribution in [2.24, 2.45) is 0 Å². The normalized spacial score (nSPS) is 10.4. The number of methoxy groups -OCH3 is 1. The van der Waals surface area contributed by atoms with Gasteiger partial charge in [0.2, 0.25) is 5.88 Å². The summed E-state index contributed by atoms with van der Waals surface area (Å²) in [7, 11) is 1.66. The van der Waals surface area contributed by atoms with Gasteiger partial charge in [-0.2, -0.15) is 0 Å². The predicted octanol–water partition coefficient (Wildman–Crippen LogP) is 2.16. The topological polar surface area (TPSA) is 61.3 Å². The minimum atomic E-state index is 0.335. The Bertz CT molecular complexity index is 492. The van der Waals surface area contributed by atoms with E-state index in [9.17, 15) is 0 Å². The van der Waals surface area contributed by atoms with Crippen molar-refractivity contribution in [2.45, 2.75) is 13.3 Å². The second-order valence-corrected chi connectivity index (χ2v) is 3.71. The quantitative estimate of drug-likeness (QED) is 0.857. The van der Waals surface area contributed by atoms with Crippen LogP contribution in [0.5, 0.6) is 5.75 Å². The van der Waals surface area contributed by atoms with Gasteiger partial charge >= 0.3 is 0 Å². The first-order valence-corrected chi connectivity index (χ1v) is 5.03. The Morgan fingerprint density at radius 1 is 1.38 bits per heavy atom. The molecule has 0 unspecified atom stereocenters. The van der Waals surface area contributed by atoms with Crippen molar-refractivity contribution in [3.8, 4) is 5.75 Å². The highest BCUT2D eigenvalue weighted by Crippen LogP contribution is 2.22. The van der Waals surface area contributed by atoms with E-state index in [1.807, 2.05) is 19.1 Å². The third kappa shape index (κ3) is 2.16. The number of nitrogen functional groups attached to an aromatic ring is 1. The molecule has 0 aliphatic heterocycles. The van der Waals surface area contributed by atoms with Gasteiger partial charge in [-0.25, -0.2) is 0 Å². The van der Waals surface area contributed by atoms with Gasteiger partial charge in [-0.3, -0.25) is 0 Å². The summed E-state index contributed by atoms with van der Waals surface area (Å²) in [4.78, 5) is 0. The molecule has 1 aromatic heterocycles. The molecule has 0 fully saturated rings. The number of benzene rings is 1. The average Bonchev–Trinajstić information content (AvgIpc) is 2.64. The van der Waals surface area contributed by atoms with E-state index in [-0.39, 0.29) is 0 Å². The Labute approximate surface area is 94.0 Å². The van der Waals surface area contributed by atoms with Gasteiger partial charge in [0.05, 0.1) is 12.8 Å². The molecule has 1 aromatic carbocycles. The van der Waals surface area contributed by atoms with Crippen LogP contribution in [-0.4, -0.2) is 12.3 Å². The van der Waals surface area contributed by atoms with E-state index in [4.69, 9.17) is 15.0 Å². The lowest BCUT2D eigenvalue weighted by molar-refractivity contribution is 0.408. The van der Waals surface area contributed by atoms with Crippen molar-refractivity contribution in [3.63, 3.8) is 0 Å². The zero-order chi connectivity index (χ0) is 11.5. The van der Waals surface area contributed by atoms with Crippen molar-refractivity contribution >= 4 is 5.88 Å². The molecule has 0 radical (unpaired) electrons. The molecule has 0 aliphatic rings. The predicted molar refractivity (Wildman–Crippen MR) is 61.5 cm³/mol. The molecule has 0 saturated heterocycles. The molecule has 0 aliphatic carbocycles. The molecule has 2 rings (SSSR count). The number of hydrogen-bond donors (Lipinski definition) is 1. The van der Waals surface area contributed by atoms with Crippen molar-refractivity contribution in [3.05, 3.63) is 41.1 Å². The molecule has 0 saturated carbocycles. The monoisotopic (exact) mass is 218 g/mol. The summed E-state index contributed by atoms with van der Waals surface area (Å²) >= 11 is 0.